The van der Waals surface area contributed by atoms with Crippen LogP contribution in [0.5, 0.6) is 17.2 Å². The van der Waals surface area contributed by atoms with Crippen LogP contribution < -0.4 is 19.5 Å². The van der Waals surface area contributed by atoms with Crippen LogP contribution in [0.4, 0.5) is 14.5 Å². The Bertz CT molecular complexity index is 830. The van der Waals surface area contributed by atoms with Gasteiger partial charge in [-0.05, 0) is 25.2 Å². The molecule has 28 heavy (non-hydrogen) atoms. The van der Waals surface area contributed by atoms with Gasteiger partial charge >= 0.3 is 0 Å². The SMILES string of the molecule is COc1ccc(CN(C)CCC(=O)Nc2ccc(F)c(F)c2)c(OC)c1OC. The van der Waals surface area contributed by atoms with Crippen molar-refractivity contribution >= 4 is 11.6 Å². The van der Waals surface area contributed by atoms with Crippen LogP contribution in [0.3, 0.4) is 0 Å². The van der Waals surface area contributed by atoms with Crippen LogP contribution >= 0.6 is 0 Å². The monoisotopic (exact) mass is 394 g/mol. The Balaban J connectivity index is 1.95. The van der Waals surface area contributed by atoms with Gasteiger partial charge in [0.15, 0.2) is 23.1 Å². The smallest absolute Gasteiger partial charge is 0.225 e. The van der Waals surface area contributed by atoms with Crippen molar-refractivity contribution in [1.29, 1.82) is 0 Å². The molecule has 0 aliphatic rings. The van der Waals surface area contributed by atoms with Crippen LogP contribution in [-0.2, 0) is 11.3 Å². The summed E-state index contributed by atoms with van der Waals surface area (Å²) in [7, 11) is 6.50. The van der Waals surface area contributed by atoms with Crippen molar-refractivity contribution < 1.29 is 27.8 Å². The number of benzene rings is 2. The fourth-order valence-corrected chi connectivity index (χ4v) is 2.75. The number of nitrogens with zero attached hydrogens (tertiary/aromatic N) is 1. The van der Waals surface area contributed by atoms with Gasteiger partial charge in [0.05, 0.1) is 21.3 Å². The number of anilines is 1. The zero-order chi connectivity index (χ0) is 20.7. The maximum Gasteiger partial charge on any atom is 0.225 e. The van der Waals surface area contributed by atoms with Crippen molar-refractivity contribution in [2.24, 2.45) is 0 Å². The second-order valence-corrected chi connectivity index (χ2v) is 6.16. The molecule has 0 heterocycles. The van der Waals surface area contributed by atoms with Gasteiger partial charge in [0.1, 0.15) is 0 Å². The van der Waals surface area contributed by atoms with Gasteiger partial charge in [-0.25, -0.2) is 8.78 Å². The predicted octanol–water partition coefficient (Wildman–Crippen LogP) is 3.45. The Morgan fingerprint density at radius 2 is 1.71 bits per heavy atom. The van der Waals surface area contributed by atoms with Crippen molar-refractivity contribution in [3.05, 3.63) is 47.5 Å². The van der Waals surface area contributed by atoms with E-state index in [2.05, 4.69) is 5.32 Å². The number of hydrogen-bond donors (Lipinski definition) is 1. The molecule has 1 amide bonds. The highest BCUT2D eigenvalue weighted by molar-refractivity contribution is 5.90. The Morgan fingerprint density at radius 3 is 2.32 bits per heavy atom. The highest BCUT2D eigenvalue weighted by Crippen LogP contribution is 2.40. The third-order valence-electron chi connectivity index (χ3n) is 4.15. The molecule has 2 rings (SSSR count). The highest BCUT2D eigenvalue weighted by Gasteiger charge is 2.17. The van der Waals surface area contributed by atoms with E-state index in [0.717, 1.165) is 17.7 Å². The van der Waals surface area contributed by atoms with Crippen LogP contribution in [0, 0.1) is 11.6 Å². The molecule has 2 aromatic carbocycles. The van der Waals surface area contributed by atoms with Gasteiger partial charge in [-0.15, -0.1) is 0 Å². The highest BCUT2D eigenvalue weighted by atomic mass is 19.2. The fourth-order valence-electron chi connectivity index (χ4n) is 2.75. The average molecular weight is 394 g/mol. The number of halogens is 2. The van der Waals surface area contributed by atoms with Gasteiger partial charge in [-0.3, -0.25) is 4.79 Å². The molecule has 152 valence electrons. The molecule has 2 aromatic rings. The second kappa shape index (κ2) is 9.89. The zero-order valence-electron chi connectivity index (χ0n) is 16.3. The van der Waals surface area contributed by atoms with Crippen LogP contribution in [-0.4, -0.2) is 45.7 Å². The zero-order valence-corrected chi connectivity index (χ0v) is 16.3. The molecule has 0 bridgehead atoms. The van der Waals surface area contributed by atoms with Gasteiger partial charge in [-0.2, -0.15) is 0 Å². The molecular formula is C20H24F2N2O4. The van der Waals surface area contributed by atoms with E-state index in [4.69, 9.17) is 14.2 Å². The second-order valence-electron chi connectivity index (χ2n) is 6.16. The summed E-state index contributed by atoms with van der Waals surface area (Å²) in [6.45, 7) is 0.967. The lowest BCUT2D eigenvalue weighted by atomic mass is 10.1. The van der Waals surface area contributed by atoms with Crippen molar-refractivity contribution in [2.45, 2.75) is 13.0 Å². The summed E-state index contributed by atoms with van der Waals surface area (Å²) < 4.78 is 42.2. The Kier molecular flexibility index (Phi) is 7.57. The first-order valence-corrected chi connectivity index (χ1v) is 8.60. The number of hydrogen-bond acceptors (Lipinski definition) is 5. The normalized spacial score (nSPS) is 10.7. The van der Waals surface area contributed by atoms with E-state index in [1.165, 1.54) is 13.2 Å². The standard InChI is InChI=1S/C20H24F2N2O4/c1-24(10-9-18(25)23-14-6-7-15(21)16(22)11-14)12-13-5-8-17(26-2)20(28-4)19(13)27-3/h5-8,11H,9-10,12H2,1-4H3,(H,23,25). The Hall–Kier alpha value is -2.87. The Labute approximate surface area is 163 Å². The molecule has 8 heteroatoms. The summed E-state index contributed by atoms with van der Waals surface area (Å²) >= 11 is 0. The number of nitrogens with one attached hydrogen (secondary N) is 1. The van der Waals surface area contributed by atoms with E-state index in [-0.39, 0.29) is 18.0 Å². The predicted molar refractivity (Wildman–Crippen MR) is 102 cm³/mol. The van der Waals surface area contributed by atoms with Gasteiger partial charge < -0.3 is 24.4 Å². The summed E-state index contributed by atoms with van der Waals surface area (Å²) in [5.41, 5.74) is 1.09. The number of carbonyl (C=O) groups excluding carboxylic acids is 1. The summed E-state index contributed by atoms with van der Waals surface area (Å²) in [4.78, 5) is 14.0. The number of ether oxygens (including phenoxy) is 3. The minimum absolute atomic E-state index is 0.186. The molecule has 6 nitrogen and oxygen atoms in total. The van der Waals surface area contributed by atoms with E-state index in [1.54, 1.807) is 20.3 Å². The van der Waals surface area contributed by atoms with Crippen molar-refractivity contribution in [1.82, 2.24) is 4.90 Å². The number of methoxy groups -OCH3 is 3. The fraction of sp³-hybridized carbons (Fsp3) is 0.350. The van der Waals surface area contributed by atoms with E-state index in [1.807, 2.05) is 18.0 Å². The summed E-state index contributed by atoms with van der Waals surface area (Å²) in [6.07, 6.45) is 0.186. The van der Waals surface area contributed by atoms with Crippen molar-refractivity contribution in [3.63, 3.8) is 0 Å². The molecule has 0 spiro atoms. The summed E-state index contributed by atoms with van der Waals surface area (Å²) in [6, 6.07) is 6.90. The van der Waals surface area contributed by atoms with Crippen molar-refractivity contribution in [2.75, 3.05) is 40.2 Å². The molecule has 0 saturated heterocycles. The van der Waals surface area contributed by atoms with E-state index in [9.17, 15) is 13.6 Å². The average Bonchev–Trinajstić information content (AvgIpc) is 2.68. The van der Waals surface area contributed by atoms with Gasteiger partial charge in [0.2, 0.25) is 11.7 Å². The molecule has 0 aliphatic carbocycles. The number of rotatable bonds is 9. The maximum absolute atomic E-state index is 13.2. The van der Waals surface area contributed by atoms with Gasteiger partial charge in [0.25, 0.3) is 0 Å². The van der Waals surface area contributed by atoms with Crippen LogP contribution in [0.1, 0.15) is 12.0 Å². The molecule has 0 aliphatic heterocycles. The first-order valence-electron chi connectivity index (χ1n) is 8.60. The lowest BCUT2D eigenvalue weighted by molar-refractivity contribution is -0.116. The van der Waals surface area contributed by atoms with E-state index in [0.29, 0.717) is 30.3 Å². The Morgan fingerprint density at radius 1 is 1.00 bits per heavy atom. The third kappa shape index (κ3) is 5.32. The quantitative estimate of drug-likeness (QED) is 0.706. The number of carbonyl (C=O) groups is 1. The molecule has 0 radical (unpaired) electrons. The first-order chi connectivity index (χ1) is 13.4. The third-order valence-corrected chi connectivity index (χ3v) is 4.15. The minimum atomic E-state index is -1.00. The summed E-state index contributed by atoms with van der Waals surface area (Å²) in [5.74, 6) is -0.613. The molecular weight excluding hydrogens is 370 g/mol. The molecule has 0 aromatic heterocycles. The van der Waals surface area contributed by atoms with Crippen LogP contribution in [0.15, 0.2) is 30.3 Å². The minimum Gasteiger partial charge on any atom is -0.493 e. The molecule has 0 atom stereocenters. The topological polar surface area (TPSA) is 60.0 Å². The maximum atomic E-state index is 13.2. The van der Waals surface area contributed by atoms with Gasteiger partial charge in [-0.1, -0.05) is 6.07 Å². The van der Waals surface area contributed by atoms with Crippen LogP contribution in [0.2, 0.25) is 0 Å². The van der Waals surface area contributed by atoms with Crippen LogP contribution in [0.25, 0.3) is 0 Å². The van der Waals surface area contributed by atoms with E-state index >= 15 is 0 Å². The molecule has 0 unspecified atom stereocenters. The van der Waals surface area contributed by atoms with E-state index < -0.39 is 11.6 Å². The van der Waals surface area contributed by atoms with Gasteiger partial charge in [0, 0.05) is 36.8 Å². The lowest BCUT2D eigenvalue weighted by Crippen LogP contribution is -2.24. The number of amides is 1. The molecule has 1 N–H and O–H groups in total. The summed E-state index contributed by atoms with van der Waals surface area (Å²) in [5, 5.41) is 2.55. The first kappa shape index (κ1) is 21.4. The van der Waals surface area contributed by atoms with Crippen molar-refractivity contribution in [3.8, 4) is 17.2 Å². The molecule has 0 saturated carbocycles. The lowest BCUT2D eigenvalue weighted by Gasteiger charge is -2.20. The molecule has 0 fully saturated rings. The largest absolute Gasteiger partial charge is 0.493 e.